The summed E-state index contributed by atoms with van der Waals surface area (Å²) in [7, 11) is 0. The van der Waals surface area contributed by atoms with Gasteiger partial charge in [0.15, 0.2) is 0 Å². The van der Waals surface area contributed by atoms with E-state index < -0.39 is 18.3 Å². The lowest BCUT2D eigenvalue weighted by atomic mass is 9.87. The van der Waals surface area contributed by atoms with Crippen LogP contribution in [0.2, 0.25) is 0 Å². The fourth-order valence-corrected chi connectivity index (χ4v) is 1.40. The number of amides is 1. The van der Waals surface area contributed by atoms with E-state index in [0.29, 0.717) is 5.69 Å². The number of hydrogen-bond donors (Lipinski definition) is 2. The van der Waals surface area contributed by atoms with Crippen LogP contribution in [0.1, 0.15) is 32.8 Å². The van der Waals surface area contributed by atoms with Crippen LogP contribution in [0.25, 0.3) is 0 Å². The van der Waals surface area contributed by atoms with Crippen LogP contribution in [0.4, 0.5) is 5.69 Å². The van der Waals surface area contributed by atoms with Gasteiger partial charge in [-0.15, -0.1) is 0 Å². The highest BCUT2D eigenvalue weighted by Gasteiger charge is 2.13. The van der Waals surface area contributed by atoms with E-state index in [1.807, 2.05) is 12.1 Å². The first kappa shape index (κ1) is 13.2. The van der Waals surface area contributed by atoms with Crippen molar-refractivity contribution < 1.29 is 14.7 Å². The van der Waals surface area contributed by atoms with Crippen molar-refractivity contribution in [3.8, 4) is 0 Å². The SMILES string of the molecule is CC(C)(C)c1ccc(NC(=O)CC(=O)O)cc1. The first-order chi connectivity index (χ1) is 7.79. The van der Waals surface area contributed by atoms with E-state index in [9.17, 15) is 9.59 Å². The van der Waals surface area contributed by atoms with Crippen LogP contribution in [0.15, 0.2) is 24.3 Å². The molecule has 1 amide bonds. The van der Waals surface area contributed by atoms with Gasteiger partial charge in [0.2, 0.25) is 5.91 Å². The molecule has 1 rings (SSSR count). The number of rotatable bonds is 3. The topological polar surface area (TPSA) is 66.4 Å². The molecular weight excluding hydrogens is 218 g/mol. The molecule has 1 aromatic carbocycles. The van der Waals surface area contributed by atoms with Crippen LogP contribution in [-0.4, -0.2) is 17.0 Å². The molecule has 0 aliphatic heterocycles. The number of carbonyl (C=O) groups is 2. The smallest absolute Gasteiger partial charge is 0.312 e. The third-order valence-corrected chi connectivity index (χ3v) is 2.35. The second-order valence-electron chi connectivity index (χ2n) is 4.95. The van der Waals surface area contributed by atoms with Crippen LogP contribution in [0.3, 0.4) is 0 Å². The summed E-state index contributed by atoms with van der Waals surface area (Å²) >= 11 is 0. The summed E-state index contributed by atoms with van der Waals surface area (Å²) in [5, 5.41) is 11.0. The molecule has 0 heterocycles. The molecule has 0 saturated heterocycles. The zero-order valence-electron chi connectivity index (χ0n) is 10.3. The highest BCUT2D eigenvalue weighted by Crippen LogP contribution is 2.23. The Morgan fingerprint density at radius 2 is 1.71 bits per heavy atom. The third-order valence-electron chi connectivity index (χ3n) is 2.35. The van der Waals surface area contributed by atoms with Crippen molar-refractivity contribution in [1.29, 1.82) is 0 Å². The number of nitrogens with one attached hydrogen (secondary N) is 1. The normalized spacial score (nSPS) is 11.0. The highest BCUT2D eigenvalue weighted by molar-refractivity contribution is 6.01. The van der Waals surface area contributed by atoms with Gasteiger partial charge in [-0.3, -0.25) is 9.59 Å². The fourth-order valence-electron chi connectivity index (χ4n) is 1.40. The zero-order chi connectivity index (χ0) is 13.1. The largest absolute Gasteiger partial charge is 0.481 e. The molecule has 4 nitrogen and oxygen atoms in total. The molecule has 0 saturated carbocycles. The van der Waals surface area contributed by atoms with Crippen LogP contribution in [-0.2, 0) is 15.0 Å². The molecule has 0 radical (unpaired) electrons. The molecule has 0 atom stereocenters. The summed E-state index contributed by atoms with van der Waals surface area (Å²) in [4.78, 5) is 21.5. The lowest BCUT2D eigenvalue weighted by Crippen LogP contribution is -2.16. The van der Waals surface area contributed by atoms with Crippen LogP contribution >= 0.6 is 0 Å². The van der Waals surface area contributed by atoms with Crippen molar-refractivity contribution in [2.75, 3.05) is 5.32 Å². The van der Waals surface area contributed by atoms with Crippen molar-refractivity contribution in [1.82, 2.24) is 0 Å². The number of benzene rings is 1. The first-order valence-corrected chi connectivity index (χ1v) is 5.41. The van der Waals surface area contributed by atoms with E-state index >= 15 is 0 Å². The van der Waals surface area contributed by atoms with Gasteiger partial charge in [-0.25, -0.2) is 0 Å². The minimum atomic E-state index is -1.13. The number of anilines is 1. The van der Waals surface area contributed by atoms with E-state index in [4.69, 9.17) is 5.11 Å². The first-order valence-electron chi connectivity index (χ1n) is 5.41. The lowest BCUT2D eigenvalue weighted by molar-refractivity contribution is -0.139. The number of hydrogen-bond acceptors (Lipinski definition) is 2. The summed E-state index contributed by atoms with van der Waals surface area (Å²) < 4.78 is 0. The fraction of sp³-hybridized carbons (Fsp3) is 0.385. The van der Waals surface area contributed by atoms with Gasteiger partial charge in [0.1, 0.15) is 6.42 Å². The molecule has 4 heteroatoms. The molecule has 92 valence electrons. The summed E-state index contributed by atoms with van der Waals surface area (Å²) in [6, 6.07) is 7.41. The van der Waals surface area contributed by atoms with E-state index in [0.717, 1.165) is 5.56 Å². The Balaban J connectivity index is 2.69. The van der Waals surface area contributed by atoms with Gasteiger partial charge in [-0.2, -0.15) is 0 Å². The number of carboxylic acid groups (broad SMARTS) is 1. The molecule has 2 N–H and O–H groups in total. The van der Waals surface area contributed by atoms with E-state index in [-0.39, 0.29) is 5.41 Å². The number of carboxylic acids is 1. The second-order valence-corrected chi connectivity index (χ2v) is 4.95. The molecular formula is C13H17NO3. The maximum Gasteiger partial charge on any atom is 0.312 e. The predicted octanol–water partition coefficient (Wildman–Crippen LogP) is 2.40. The summed E-state index contributed by atoms with van der Waals surface area (Å²) in [6.07, 6.45) is -0.513. The molecule has 0 fully saturated rings. The van der Waals surface area contributed by atoms with Gasteiger partial charge in [0.25, 0.3) is 0 Å². The lowest BCUT2D eigenvalue weighted by Gasteiger charge is -2.19. The minimum Gasteiger partial charge on any atom is -0.481 e. The maximum atomic E-state index is 11.2. The van der Waals surface area contributed by atoms with Crippen molar-refractivity contribution in [3.63, 3.8) is 0 Å². The molecule has 0 aliphatic rings. The third kappa shape index (κ3) is 4.26. The molecule has 1 aromatic rings. The van der Waals surface area contributed by atoms with Gasteiger partial charge >= 0.3 is 5.97 Å². The quantitative estimate of drug-likeness (QED) is 0.790. The van der Waals surface area contributed by atoms with Crippen molar-refractivity contribution in [3.05, 3.63) is 29.8 Å². The van der Waals surface area contributed by atoms with Crippen molar-refractivity contribution >= 4 is 17.6 Å². The summed E-state index contributed by atoms with van der Waals surface area (Å²) in [5.74, 6) is -1.64. The predicted molar refractivity (Wildman–Crippen MR) is 66.0 cm³/mol. The Morgan fingerprint density at radius 1 is 1.18 bits per heavy atom. The number of aliphatic carboxylic acids is 1. The van der Waals surface area contributed by atoms with Crippen LogP contribution in [0.5, 0.6) is 0 Å². The second kappa shape index (κ2) is 4.99. The molecule has 17 heavy (non-hydrogen) atoms. The van der Waals surface area contributed by atoms with E-state index in [2.05, 4.69) is 26.1 Å². The maximum absolute atomic E-state index is 11.2. The molecule has 0 unspecified atom stereocenters. The molecule has 0 aliphatic carbocycles. The summed E-state index contributed by atoms with van der Waals surface area (Å²) in [5.41, 5.74) is 1.84. The van der Waals surface area contributed by atoms with Crippen LogP contribution < -0.4 is 5.32 Å². The van der Waals surface area contributed by atoms with Crippen molar-refractivity contribution in [2.24, 2.45) is 0 Å². The van der Waals surface area contributed by atoms with Gasteiger partial charge in [0.05, 0.1) is 0 Å². The Hall–Kier alpha value is -1.84. The Morgan fingerprint density at radius 3 is 2.12 bits per heavy atom. The number of carbonyl (C=O) groups excluding carboxylic acids is 1. The van der Waals surface area contributed by atoms with Gasteiger partial charge in [-0.1, -0.05) is 32.9 Å². The zero-order valence-corrected chi connectivity index (χ0v) is 10.3. The van der Waals surface area contributed by atoms with Gasteiger partial charge in [-0.05, 0) is 23.1 Å². The average molecular weight is 235 g/mol. The Labute approximate surface area is 101 Å². The van der Waals surface area contributed by atoms with Gasteiger partial charge < -0.3 is 10.4 Å². The van der Waals surface area contributed by atoms with Crippen LogP contribution in [0, 0.1) is 0 Å². The Bertz CT molecular complexity index is 415. The molecule has 0 bridgehead atoms. The standard InChI is InChI=1S/C13H17NO3/c1-13(2,3)9-4-6-10(7-5-9)14-11(15)8-12(16)17/h4-7H,8H2,1-3H3,(H,14,15)(H,16,17). The monoisotopic (exact) mass is 235 g/mol. The minimum absolute atomic E-state index is 0.0591. The Kier molecular flexibility index (Phi) is 3.89. The molecule has 0 spiro atoms. The van der Waals surface area contributed by atoms with Gasteiger partial charge in [0, 0.05) is 5.69 Å². The van der Waals surface area contributed by atoms with Crippen molar-refractivity contribution in [2.45, 2.75) is 32.6 Å². The summed E-state index contributed by atoms with van der Waals surface area (Å²) in [6.45, 7) is 6.31. The van der Waals surface area contributed by atoms with E-state index in [1.54, 1.807) is 12.1 Å². The highest BCUT2D eigenvalue weighted by atomic mass is 16.4. The van der Waals surface area contributed by atoms with E-state index in [1.165, 1.54) is 0 Å². The average Bonchev–Trinajstić information content (AvgIpc) is 2.15. The molecule has 0 aromatic heterocycles.